The molecule has 6 rings (SSSR count). The van der Waals surface area contributed by atoms with E-state index < -0.39 is 17.3 Å². The van der Waals surface area contributed by atoms with Gasteiger partial charge in [0, 0.05) is 31.2 Å². The van der Waals surface area contributed by atoms with Crippen molar-refractivity contribution >= 4 is 39.0 Å². The number of aliphatic hydroxyl groups excluding tert-OH is 1. The minimum Gasteiger partial charge on any atom is -0.504 e. The van der Waals surface area contributed by atoms with Gasteiger partial charge in [0.05, 0.1) is 24.8 Å². The highest BCUT2D eigenvalue weighted by molar-refractivity contribution is 8.76. The number of fused-ring (bicyclic) bond motifs is 3. The number of benzene rings is 2. The number of ether oxygens (including phenoxy) is 3. The molecular formula is C43H62N4O7S2. The molecule has 3 aliphatic carbocycles. The Kier molecular flexibility index (Phi) is 15.2. The Morgan fingerprint density at radius 3 is 2.66 bits per heavy atom. The van der Waals surface area contributed by atoms with Gasteiger partial charge in [0.15, 0.2) is 41.0 Å². The Balaban J connectivity index is 1.22. The summed E-state index contributed by atoms with van der Waals surface area (Å²) < 4.78 is 18.3. The van der Waals surface area contributed by atoms with Crippen LogP contribution in [0.15, 0.2) is 47.5 Å². The van der Waals surface area contributed by atoms with Gasteiger partial charge >= 0.3 is 0 Å². The molecule has 0 spiro atoms. The molecule has 2 bridgehead atoms. The number of phenols is 2. The number of anilines is 1. The van der Waals surface area contributed by atoms with Crippen LogP contribution in [0.2, 0.25) is 0 Å². The Morgan fingerprint density at radius 1 is 1.04 bits per heavy atom. The fraction of sp³-hybridized carbons (Fsp3) is 0.628. The number of hydrogen-bond donors (Lipinski definition) is 6. The smallest absolute Gasteiger partial charge is 0.196 e. The molecule has 1 aliphatic heterocycles. The average molecular weight is 811 g/mol. The second-order valence-corrected chi connectivity index (χ2v) is 18.7. The molecule has 3 fully saturated rings. The normalized spacial score (nSPS) is 28.5. The lowest BCUT2D eigenvalue weighted by atomic mass is 9.70. The van der Waals surface area contributed by atoms with Crippen molar-refractivity contribution < 1.29 is 34.3 Å². The van der Waals surface area contributed by atoms with Crippen LogP contribution in [0.4, 0.5) is 5.69 Å². The summed E-state index contributed by atoms with van der Waals surface area (Å²) in [6, 6.07) is 9.26. The maximum Gasteiger partial charge on any atom is 0.196 e. The van der Waals surface area contributed by atoms with Crippen LogP contribution in [-0.4, -0.2) is 84.4 Å². The first-order valence-electron chi connectivity index (χ1n) is 20.5. The zero-order chi connectivity index (χ0) is 39.5. The molecule has 4 aliphatic rings. The van der Waals surface area contributed by atoms with E-state index >= 15 is 0 Å². The van der Waals surface area contributed by atoms with E-state index in [1.54, 1.807) is 47.9 Å². The van der Waals surface area contributed by atoms with Crippen molar-refractivity contribution in [2.75, 3.05) is 44.7 Å². The highest BCUT2D eigenvalue weighted by Crippen LogP contribution is 2.50. The molecule has 308 valence electrons. The van der Waals surface area contributed by atoms with E-state index in [1.807, 2.05) is 37.4 Å². The van der Waals surface area contributed by atoms with Crippen molar-refractivity contribution in [3.05, 3.63) is 53.6 Å². The number of aromatic hydroxyl groups is 2. The fourth-order valence-electron chi connectivity index (χ4n) is 9.40. The highest BCUT2D eigenvalue weighted by Gasteiger charge is 2.47. The fourth-order valence-corrected chi connectivity index (χ4v) is 11.6. The molecule has 0 radical (unpaired) electrons. The number of aliphatic hydroxyl groups is 1. The molecule has 0 aromatic heterocycles. The first kappa shape index (κ1) is 42.5. The molecule has 11 nitrogen and oxygen atoms in total. The summed E-state index contributed by atoms with van der Waals surface area (Å²) >= 11 is 0. The predicted molar refractivity (Wildman–Crippen MR) is 227 cm³/mol. The molecule has 0 unspecified atom stereocenters. The van der Waals surface area contributed by atoms with Crippen molar-refractivity contribution in [1.29, 1.82) is 0 Å². The first-order valence-corrected chi connectivity index (χ1v) is 23.0. The summed E-state index contributed by atoms with van der Waals surface area (Å²) in [5, 5.41) is 42.9. The standard InChI is InChI=1S/C43H62N4O7S2/c1-44-27-42(19-17-31(24-42)23-39(50)53-33-12-5-4-6-13-33)54-37-21-29-10-7-8-14-38(49)43(25-30-15-16-35(48)36(22-30)52-3)18-9-11-32(43)26-55-56-28-46-41(45-2)47-34(20-29)40(37)51/h8,14-16,20-22,31-33,39,44,48,50-51H,4-7,9-13,17-19,23-28H2,1-3H3,(H2,45,46,47)/b14-8+/t31-,32-,39+,42-,43+/m0/s1. The molecule has 13 heteroatoms. The summed E-state index contributed by atoms with van der Waals surface area (Å²) in [5.74, 6) is 3.43. The zero-order valence-electron chi connectivity index (χ0n) is 33.3. The molecule has 2 aromatic carbocycles. The topological polar surface area (TPSA) is 154 Å². The number of methoxy groups -OCH3 is 1. The number of hydrogen-bond acceptors (Lipinski definition) is 11. The van der Waals surface area contributed by atoms with E-state index in [2.05, 4.69) is 20.9 Å². The summed E-state index contributed by atoms with van der Waals surface area (Å²) in [5.41, 5.74) is 1.32. The van der Waals surface area contributed by atoms with Gasteiger partial charge in [0.2, 0.25) is 0 Å². The number of aliphatic imine (C=N–C) groups is 1. The van der Waals surface area contributed by atoms with E-state index in [4.69, 9.17) is 14.2 Å². The molecule has 0 amide bonds. The van der Waals surface area contributed by atoms with Gasteiger partial charge in [-0.1, -0.05) is 59.4 Å². The van der Waals surface area contributed by atoms with Crippen molar-refractivity contribution in [2.24, 2.45) is 22.2 Å². The van der Waals surface area contributed by atoms with Crippen LogP contribution in [-0.2, 0) is 22.4 Å². The number of rotatable bonds is 11. The maximum absolute atomic E-state index is 14.3. The van der Waals surface area contributed by atoms with Crippen LogP contribution in [0.1, 0.15) is 94.6 Å². The number of nitrogens with zero attached hydrogens (tertiary/aromatic N) is 1. The van der Waals surface area contributed by atoms with Crippen LogP contribution >= 0.6 is 21.6 Å². The summed E-state index contributed by atoms with van der Waals surface area (Å²) in [7, 11) is 8.60. The summed E-state index contributed by atoms with van der Waals surface area (Å²) in [6.45, 7) is 0.595. The summed E-state index contributed by atoms with van der Waals surface area (Å²) in [6.07, 6.45) is 16.3. The van der Waals surface area contributed by atoms with E-state index in [-0.39, 0.29) is 35.2 Å². The highest BCUT2D eigenvalue weighted by atomic mass is 33.1. The van der Waals surface area contributed by atoms with Crippen LogP contribution in [0.3, 0.4) is 0 Å². The Labute approximate surface area is 340 Å². The Morgan fingerprint density at radius 2 is 1.88 bits per heavy atom. The predicted octanol–water partition coefficient (Wildman–Crippen LogP) is 7.73. The van der Waals surface area contributed by atoms with Gasteiger partial charge in [-0.15, -0.1) is 0 Å². The van der Waals surface area contributed by atoms with E-state index in [0.29, 0.717) is 61.3 Å². The summed E-state index contributed by atoms with van der Waals surface area (Å²) in [4.78, 5) is 18.8. The lowest BCUT2D eigenvalue weighted by Gasteiger charge is -2.33. The van der Waals surface area contributed by atoms with Gasteiger partial charge in [-0.3, -0.25) is 9.79 Å². The van der Waals surface area contributed by atoms with Gasteiger partial charge in [-0.2, -0.15) is 0 Å². The number of ketones is 1. The largest absolute Gasteiger partial charge is 0.504 e. The zero-order valence-corrected chi connectivity index (χ0v) is 35.0. The molecule has 56 heavy (non-hydrogen) atoms. The average Bonchev–Trinajstić information content (AvgIpc) is 3.78. The van der Waals surface area contributed by atoms with Gasteiger partial charge in [0.1, 0.15) is 5.60 Å². The number of guanidine groups is 1. The van der Waals surface area contributed by atoms with Crippen molar-refractivity contribution in [3.63, 3.8) is 0 Å². The molecule has 5 atom stereocenters. The van der Waals surface area contributed by atoms with Gasteiger partial charge in [-0.25, -0.2) is 0 Å². The van der Waals surface area contributed by atoms with Crippen molar-refractivity contribution in [1.82, 2.24) is 10.6 Å². The number of aryl methyl sites for hydroxylation is 1. The maximum atomic E-state index is 14.3. The number of nitrogens with one attached hydrogen (secondary N) is 3. The van der Waals surface area contributed by atoms with Crippen molar-refractivity contribution in [2.45, 2.75) is 114 Å². The molecule has 6 N–H and O–H groups in total. The van der Waals surface area contributed by atoms with Gasteiger partial charge in [0.25, 0.3) is 0 Å². The van der Waals surface area contributed by atoms with E-state index in [1.165, 1.54) is 6.42 Å². The SMILES string of the molecule is CN=C1NCSSC[C@@H]2CCC[C@]2(Cc2ccc(O)c(OC)c2)C(=O)/C=C/CCc2cc(c(O)c(O[C@@]3(CNC)CC[C@@H](C[C@H](O)OC4CCCCC4)C3)c2)N1. The van der Waals surface area contributed by atoms with Crippen LogP contribution in [0.25, 0.3) is 0 Å². The number of likely N-dealkylation sites (N-methyl/N-ethyl adjacent to an activating group) is 1. The molecule has 2 aromatic rings. The Hall–Kier alpha value is -3.10. The first-order chi connectivity index (χ1) is 27.2. The second kappa shape index (κ2) is 20.0. The number of allylic oxidation sites excluding steroid dienone is 2. The Bertz CT molecular complexity index is 1690. The third-order valence-corrected chi connectivity index (χ3v) is 14.5. The van der Waals surface area contributed by atoms with Crippen LogP contribution in [0, 0.1) is 17.3 Å². The molecule has 3 saturated carbocycles. The lowest BCUT2D eigenvalue weighted by Crippen LogP contribution is -2.43. The lowest BCUT2D eigenvalue weighted by molar-refractivity contribution is -0.152. The van der Waals surface area contributed by atoms with Crippen LogP contribution in [0.5, 0.6) is 23.0 Å². The molecular weight excluding hydrogens is 749 g/mol. The number of phenolic OH excluding ortho intramolecular Hbond substituents is 2. The third-order valence-electron chi connectivity index (χ3n) is 12.3. The molecule has 1 heterocycles. The second-order valence-electron chi connectivity index (χ2n) is 16.2. The number of carbonyl (C=O) groups excluding carboxylic acids is 1. The van der Waals surface area contributed by atoms with Crippen LogP contribution < -0.4 is 25.4 Å². The number of carbonyl (C=O) groups is 1. The van der Waals surface area contributed by atoms with E-state index in [9.17, 15) is 20.1 Å². The third kappa shape index (κ3) is 10.7. The van der Waals surface area contributed by atoms with Gasteiger partial charge in [-0.05, 0) is 125 Å². The minimum absolute atomic E-state index is 0.0163. The molecule has 0 saturated heterocycles. The van der Waals surface area contributed by atoms with Gasteiger partial charge < -0.3 is 45.5 Å². The monoisotopic (exact) mass is 810 g/mol. The van der Waals surface area contributed by atoms with Crippen molar-refractivity contribution in [3.8, 4) is 23.0 Å². The van der Waals surface area contributed by atoms with E-state index in [0.717, 1.165) is 81.1 Å². The minimum atomic E-state index is -0.785. The quantitative estimate of drug-likeness (QED) is 0.0748.